The van der Waals surface area contributed by atoms with Crippen molar-refractivity contribution in [3.63, 3.8) is 0 Å². The lowest BCUT2D eigenvalue weighted by molar-refractivity contribution is -0.132. The smallest absolute Gasteiger partial charge is 0.236 e. The van der Waals surface area contributed by atoms with Gasteiger partial charge in [0.15, 0.2) is 0 Å². The fourth-order valence-electron chi connectivity index (χ4n) is 3.66. The summed E-state index contributed by atoms with van der Waals surface area (Å²) in [6.07, 6.45) is 0. The minimum atomic E-state index is -0.545. The first kappa shape index (κ1) is 23.1. The van der Waals surface area contributed by atoms with Crippen molar-refractivity contribution in [1.82, 2.24) is 14.5 Å². The molecule has 2 heterocycles. The summed E-state index contributed by atoms with van der Waals surface area (Å²) in [5.41, 5.74) is 7.31. The molecule has 1 aromatic heterocycles. The second kappa shape index (κ2) is 9.25. The number of amides is 1. The number of imidazole rings is 1. The predicted molar refractivity (Wildman–Crippen MR) is 122 cm³/mol. The molecule has 0 aliphatic carbocycles. The van der Waals surface area contributed by atoms with Crippen LogP contribution in [0.15, 0.2) is 42.5 Å². The first-order valence-electron chi connectivity index (χ1n) is 9.47. The molecule has 1 amide bonds. The molecule has 1 aliphatic heterocycles. The van der Waals surface area contributed by atoms with E-state index < -0.39 is 5.82 Å². The van der Waals surface area contributed by atoms with E-state index in [2.05, 4.69) is 5.32 Å². The molecule has 0 spiro atoms. The predicted octanol–water partition coefficient (Wildman–Crippen LogP) is 4.20. The number of carbonyl (C=O) groups excluding carboxylic acids is 1. The van der Waals surface area contributed by atoms with E-state index in [1.54, 1.807) is 23.1 Å². The number of hydrogen-bond acceptors (Lipinski definition) is 4. The maximum Gasteiger partial charge on any atom is 0.236 e. The maximum absolute atomic E-state index is 14.0. The van der Waals surface area contributed by atoms with Crippen molar-refractivity contribution in [2.75, 3.05) is 18.4 Å². The molecule has 2 aromatic carbocycles. The van der Waals surface area contributed by atoms with Crippen molar-refractivity contribution in [1.29, 1.82) is 0 Å². The van der Waals surface area contributed by atoms with E-state index in [4.69, 9.17) is 22.3 Å². The fourth-order valence-corrected chi connectivity index (χ4v) is 3.78. The van der Waals surface area contributed by atoms with Crippen molar-refractivity contribution in [2.24, 2.45) is 5.73 Å². The van der Waals surface area contributed by atoms with Crippen molar-refractivity contribution >= 4 is 42.5 Å². The lowest BCUT2D eigenvalue weighted by Crippen LogP contribution is -2.44. The number of halogens is 3. The first-order chi connectivity index (χ1) is 14.4. The van der Waals surface area contributed by atoms with Crippen LogP contribution in [0.5, 0.6) is 0 Å². The summed E-state index contributed by atoms with van der Waals surface area (Å²) in [6.45, 7) is 2.75. The van der Waals surface area contributed by atoms with Crippen LogP contribution in [0.4, 0.5) is 20.3 Å². The Morgan fingerprint density at radius 3 is 2.58 bits per heavy atom. The van der Waals surface area contributed by atoms with Gasteiger partial charge in [-0.25, -0.2) is 13.8 Å². The highest BCUT2D eigenvalue weighted by Crippen LogP contribution is 2.37. The molecular formula is C21H22ClF2N5OS. The molecule has 164 valence electrons. The molecular weight excluding hydrogens is 444 g/mol. The van der Waals surface area contributed by atoms with Crippen LogP contribution in [-0.2, 0) is 11.3 Å². The Balaban J connectivity index is 0.00000272. The SMILES string of the molecule is C[C@H]1c2nc(-c3ccc(F)cc3)c(Nc3ccc(Cl)c(F)c3)n2CCN1C(=O)CN.S. The van der Waals surface area contributed by atoms with Crippen LogP contribution >= 0.6 is 25.1 Å². The van der Waals surface area contributed by atoms with E-state index in [9.17, 15) is 13.6 Å². The molecule has 1 atom stereocenters. The normalized spacial score (nSPS) is 15.3. The van der Waals surface area contributed by atoms with Gasteiger partial charge in [0, 0.05) is 24.3 Å². The molecule has 3 aromatic rings. The van der Waals surface area contributed by atoms with Crippen molar-refractivity contribution in [3.05, 3.63) is 64.9 Å². The van der Waals surface area contributed by atoms with Crippen molar-refractivity contribution in [2.45, 2.75) is 19.5 Å². The number of nitrogens with zero attached hydrogens (tertiary/aromatic N) is 3. The molecule has 0 unspecified atom stereocenters. The highest BCUT2D eigenvalue weighted by molar-refractivity contribution is 7.59. The Kier molecular flexibility index (Phi) is 6.88. The van der Waals surface area contributed by atoms with E-state index in [1.165, 1.54) is 24.3 Å². The van der Waals surface area contributed by atoms with Gasteiger partial charge < -0.3 is 20.5 Å². The molecule has 0 fully saturated rings. The van der Waals surface area contributed by atoms with Gasteiger partial charge in [-0.3, -0.25) is 4.79 Å². The molecule has 0 radical (unpaired) electrons. The Labute approximate surface area is 190 Å². The molecule has 6 nitrogen and oxygen atoms in total. The monoisotopic (exact) mass is 465 g/mol. The summed E-state index contributed by atoms with van der Waals surface area (Å²) in [5, 5.41) is 3.25. The second-order valence-electron chi connectivity index (χ2n) is 7.05. The standard InChI is InChI=1S/C21H20ClF2N5O.H2S/c1-12-20-27-19(13-2-4-14(23)5-3-13)21(26-15-6-7-16(22)17(24)10-15)29(20)9-8-28(12)18(30)11-25;/h2-7,10,12,26H,8-9,11,25H2,1H3;1H2/t12-;/m0./s1. The highest BCUT2D eigenvalue weighted by Gasteiger charge is 2.32. The third-order valence-electron chi connectivity index (χ3n) is 5.20. The van der Waals surface area contributed by atoms with E-state index in [-0.39, 0.29) is 42.8 Å². The second-order valence-corrected chi connectivity index (χ2v) is 7.45. The van der Waals surface area contributed by atoms with E-state index >= 15 is 0 Å². The molecule has 1 aliphatic rings. The van der Waals surface area contributed by atoms with Gasteiger partial charge >= 0.3 is 0 Å². The molecule has 31 heavy (non-hydrogen) atoms. The molecule has 0 saturated carbocycles. The molecule has 3 N–H and O–H groups in total. The summed E-state index contributed by atoms with van der Waals surface area (Å²) >= 11 is 5.79. The van der Waals surface area contributed by atoms with Gasteiger partial charge in [0.25, 0.3) is 0 Å². The number of nitrogens with two attached hydrogens (primary N) is 1. The van der Waals surface area contributed by atoms with Crippen molar-refractivity contribution < 1.29 is 13.6 Å². The van der Waals surface area contributed by atoms with E-state index in [1.807, 2.05) is 11.5 Å². The number of carbonyl (C=O) groups is 1. The number of anilines is 2. The molecule has 4 rings (SSSR count). The average molecular weight is 466 g/mol. The van der Waals surface area contributed by atoms with Gasteiger partial charge in [0.05, 0.1) is 17.6 Å². The van der Waals surface area contributed by atoms with Gasteiger partial charge in [-0.2, -0.15) is 13.5 Å². The third-order valence-corrected chi connectivity index (χ3v) is 5.50. The Hall–Kier alpha value is -2.62. The van der Waals surface area contributed by atoms with Crippen LogP contribution in [0.25, 0.3) is 11.3 Å². The summed E-state index contributed by atoms with van der Waals surface area (Å²) in [6, 6.07) is 10.1. The quantitative estimate of drug-likeness (QED) is 0.605. The lowest BCUT2D eigenvalue weighted by Gasteiger charge is -2.34. The minimum Gasteiger partial charge on any atom is -0.340 e. The van der Waals surface area contributed by atoms with Crippen LogP contribution in [0.1, 0.15) is 18.8 Å². The minimum absolute atomic E-state index is 0. The maximum atomic E-state index is 14.0. The largest absolute Gasteiger partial charge is 0.340 e. The lowest BCUT2D eigenvalue weighted by atomic mass is 10.1. The Morgan fingerprint density at radius 2 is 1.94 bits per heavy atom. The molecule has 0 saturated heterocycles. The zero-order valence-corrected chi connectivity index (χ0v) is 18.5. The van der Waals surface area contributed by atoms with Crippen LogP contribution in [-0.4, -0.2) is 33.4 Å². The number of fused-ring (bicyclic) bond motifs is 1. The van der Waals surface area contributed by atoms with Gasteiger partial charge in [-0.1, -0.05) is 11.6 Å². The number of nitrogens with one attached hydrogen (secondary N) is 1. The number of benzene rings is 2. The first-order valence-corrected chi connectivity index (χ1v) is 9.84. The highest BCUT2D eigenvalue weighted by atomic mass is 35.5. The summed E-state index contributed by atoms with van der Waals surface area (Å²) < 4.78 is 29.4. The number of rotatable bonds is 4. The van der Waals surface area contributed by atoms with Crippen LogP contribution in [0.3, 0.4) is 0 Å². The summed E-state index contributed by atoms with van der Waals surface area (Å²) in [5.74, 6) is 0.236. The zero-order chi connectivity index (χ0) is 21.4. The fraction of sp³-hybridized carbons (Fsp3) is 0.238. The molecule has 0 bridgehead atoms. The van der Waals surface area contributed by atoms with Crippen molar-refractivity contribution in [3.8, 4) is 11.3 Å². The third kappa shape index (κ3) is 4.39. The summed E-state index contributed by atoms with van der Waals surface area (Å²) in [7, 11) is 0. The Morgan fingerprint density at radius 1 is 1.23 bits per heavy atom. The van der Waals surface area contributed by atoms with Gasteiger partial charge in [0.2, 0.25) is 5.91 Å². The van der Waals surface area contributed by atoms with Crippen LogP contribution in [0, 0.1) is 11.6 Å². The average Bonchev–Trinajstić information content (AvgIpc) is 3.10. The van der Waals surface area contributed by atoms with Crippen LogP contribution < -0.4 is 11.1 Å². The van der Waals surface area contributed by atoms with Gasteiger partial charge in [-0.15, -0.1) is 0 Å². The number of hydrogen-bond donors (Lipinski definition) is 2. The number of aromatic nitrogens is 2. The Bertz CT molecular complexity index is 1110. The zero-order valence-electron chi connectivity index (χ0n) is 16.7. The van der Waals surface area contributed by atoms with Gasteiger partial charge in [0.1, 0.15) is 29.0 Å². The van der Waals surface area contributed by atoms with Crippen LogP contribution in [0.2, 0.25) is 5.02 Å². The summed E-state index contributed by atoms with van der Waals surface area (Å²) in [4.78, 5) is 18.6. The topological polar surface area (TPSA) is 76.2 Å². The molecule has 10 heteroatoms. The van der Waals surface area contributed by atoms with Gasteiger partial charge in [-0.05, 0) is 49.4 Å². The van der Waals surface area contributed by atoms with E-state index in [0.717, 1.165) is 0 Å². The van der Waals surface area contributed by atoms with E-state index in [0.29, 0.717) is 41.7 Å².